The number of nitrogens with one attached hydrogen (secondary N) is 2. The van der Waals surface area contributed by atoms with E-state index in [0.717, 1.165) is 42.9 Å². The van der Waals surface area contributed by atoms with Gasteiger partial charge in [-0.2, -0.15) is 9.82 Å². The van der Waals surface area contributed by atoms with Gasteiger partial charge in [0, 0.05) is 20.5 Å². The quantitative estimate of drug-likeness (QED) is 0.145. The van der Waals surface area contributed by atoms with Gasteiger partial charge in [-0.3, -0.25) is 4.79 Å². The standard InChI is InChI=1S/C30H31IN4O3S/c1-20-9-8-10-21(2)29(20)35-22(3)17-25(23(35)4)19-32-33-30(36)28(18-24-11-6-5-7-12-24)34-39(37,38)27-15-13-26(31)14-16-27/h5-17,19,28,34H,18H2,1-4H3,(H,33,36)/b32-19-/t28-/m1/s1. The van der Waals surface area contributed by atoms with Gasteiger partial charge >= 0.3 is 0 Å². The second-order valence-corrected chi connectivity index (χ2v) is 12.4. The monoisotopic (exact) mass is 654 g/mol. The molecule has 2 N–H and O–H groups in total. The molecule has 3 aromatic carbocycles. The minimum absolute atomic E-state index is 0.0937. The van der Waals surface area contributed by atoms with Gasteiger partial charge in [0.15, 0.2) is 0 Å². The summed E-state index contributed by atoms with van der Waals surface area (Å²) in [6.45, 7) is 8.21. The number of para-hydroxylation sites is 1. The molecule has 1 amide bonds. The van der Waals surface area contributed by atoms with E-state index >= 15 is 0 Å². The summed E-state index contributed by atoms with van der Waals surface area (Å²) in [5.74, 6) is -0.548. The lowest BCUT2D eigenvalue weighted by atomic mass is 10.1. The lowest BCUT2D eigenvalue weighted by Crippen LogP contribution is -2.46. The van der Waals surface area contributed by atoms with E-state index in [1.54, 1.807) is 18.3 Å². The van der Waals surface area contributed by atoms with Crippen molar-refractivity contribution < 1.29 is 13.2 Å². The average molecular weight is 655 g/mol. The minimum Gasteiger partial charge on any atom is -0.317 e. The van der Waals surface area contributed by atoms with Crippen LogP contribution in [0, 0.1) is 31.3 Å². The fraction of sp³-hybridized carbons (Fsp3) is 0.200. The number of aryl methyl sites for hydroxylation is 3. The zero-order valence-corrected chi connectivity index (χ0v) is 25.2. The fourth-order valence-electron chi connectivity index (χ4n) is 4.57. The Morgan fingerprint density at radius 3 is 2.23 bits per heavy atom. The van der Waals surface area contributed by atoms with Gasteiger partial charge in [-0.25, -0.2) is 13.8 Å². The maximum atomic E-state index is 13.2. The Labute approximate surface area is 243 Å². The number of hydrogen-bond acceptors (Lipinski definition) is 4. The van der Waals surface area contributed by atoms with E-state index < -0.39 is 22.0 Å². The molecule has 0 bridgehead atoms. The number of hydrazone groups is 1. The van der Waals surface area contributed by atoms with Crippen molar-refractivity contribution in [1.82, 2.24) is 14.7 Å². The van der Waals surface area contributed by atoms with E-state index in [-0.39, 0.29) is 11.3 Å². The summed E-state index contributed by atoms with van der Waals surface area (Å²) in [4.78, 5) is 13.3. The number of carbonyl (C=O) groups is 1. The van der Waals surface area contributed by atoms with Crippen molar-refractivity contribution in [3.8, 4) is 5.69 Å². The third-order valence-electron chi connectivity index (χ3n) is 6.53. The topological polar surface area (TPSA) is 92.6 Å². The minimum atomic E-state index is -3.94. The molecule has 7 nitrogen and oxygen atoms in total. The Balaban J connectivity index is 1.56. The highest BCUT2D eigenvalue weighted by Gasteiger charge is 2.26. The molecule has 1 aromatic heterocycles. The first-order valence-electron chi connectivity index (χ1n) is 12.5. The van der Waals surface area contributed by atoms with Crippen LogP contribution in [-0.4, -0.2) is 31.1 Å². The zero-order chi connectivity index (χ0) is 28.2. The molecule has 4 rings (SSSR count). The number of carbonyl (C=O) groups excluding carboxylic acids is 1. The molecule has 0 radical (unpaired) electrons. The predicted molar refractivity (Wildman–Crippen MR) is 164 cm³/mol. The second kappa shape index (κ2) is 12.3. The van der Waals surface area contributed by atoms with Crippen LogP contribution in [0.4, 0.5) is 0 Å². The highest BCUT2D eigenvalue weighted by Crippen LogP contribution is 2.25. The SMILES string of the molecule is Cc1cccc(C)c1-n1c(C)cc(/C=N\NC(=O)[C@@H](Cc2ccccc2)NS(=O)(=O)c2ccc(I)cc2)c1C. The highest BCUT2D eigenvalue weighted by atomic mass is 127. The van der Waals surface area contributed by atoms with Gasteiger partial charge in [0.05, 0.1) is 16.8 Å². The van der Waals surface area contributed by atoms with E-state index in [9.17, 15) is 13.2 Å². The molecule has 9 heteroatoms. The van der Waals surface area contributed by atoms with Gasteiger partial charge in [0.2, 0.25) is 10.0 Å². The maximum absolute atomic E-state index is 13.2. The van der Waals surface area contributed by atoms with Crippen molar-refractivity contribution in [1.29, 1.82) is 0 Å². The zero-order valence-electron chi connectivity index (χ0n) is 22.3. The number of amides is 1. The van der Waals surface area contributed by atoms with Crippen LogP contribution >= 0.6 is 22.6 Å². The van der Waals surface area contributed by atoms with E-state index in [2.05, 4.69) is 68.4 Å². The third-order valence-corrected chi connectivity index (χ3v) is 8.74. The van der Waals surface area contributed by atoms with Gasteiger partial charge in [-0.15, -0.1) is 0 Å². The first-order chi connectivity index (χ1) is 18.6. The third kappa shape index (κ3) is 6.84. The van der Waals surface area contributed by atoms with Gasteiger partial charge < -0.3 is 4.57 Å². The highest BCUT2D eigenvalue weighted by molar-refractivity contribution is 14.1. The average Bonchev–Trinajstić information content (AvgIpc) is 3.17. The summed E-state index contributed by atoms with van der Waals surface area (Å²) in [6.07, 6.45) is 1.77. The normalized spacial score (nSPS) is 12.5. The van der Waals surface area contributed by atoms with Crippen molar-refractivity contribution in [3.05, 3.63) is 116 Å². The fourth-order valence-corrected chi connectivity index (χ4v) is 6.13. The van der Waals surface area contributed by atoms with Crippen LogP contribution < -0.4 is 10.1 Å². The van der Waals surface area contributed by atoms with Crippen LogP contribution in [0.25, 0.3) is 5.69 Å². The predicted octanol–water partition coefficient (Wildman–Crippen LogP) is 5.36. The van der Waals surface area contributed by atoms with Gasteiger partial charge in [0.25, 0.3) is 5.91 Å². The van der Waals surface area contributed by atoms with Gasteiger partial charge in [0.1, 0.15) is 6.04 Å². The summed E-state index contributed by atoms with van der Waals surface area (Å²) in [7, 11) is -3.94. The lowest BCUT2D eigenvalue weighted by Gasteiger charge is -2.17. The number of hydrogen-bond donors (Lipinski definition) is 2. The van der Waals surface area contributed by atoms with Crippen molar-refractivity contribution >= 4 is 44.7 Å². The molecule has 0 saturated heterocycles. The number of aromatic nitrogens is 1. The largest absolute Gasteiger partial charge is 0.317 e. The molecule has 4 aromatic rings. The Kier molecular flexibility index (Phi) is 9.04. The Morgan fingerprint density at radius 2 is 1.59 bits per heavy atom. The van der Waals surface area contributed by atoms with Crippen LogP contribution in [0.2, 0.25) is 0 Å². The molecule has 0 fully saturated rings. The molecule has 0 aliphatic heterocycles. The molecular formula is C30H31IN4O3S. The molecule has 0 saturated carbocycles. The van der Waals surface area contributed by atoms with E-state index in [0.29, 0.717) is 0 Å². The van der Waals surface area contributed by atoms with Gasteiger partial charge in [-0.1, -0.05) is 48.5 Å². The Bertz CT molecular complexity index is 1590. The first kappa shape index (κ1) is 28.7. The summed E-state index contributed by atoms with van der Waals surface area (Å²) < 4.78 is 31.8. The molecule has 1 atom stereocenters. The van der Waals surface area contributed by atoms with Crippen LogP contribution in [-0.2, 0) is 21.2 Å². The number of sulfonamides is 1. The number of halogens is 1. The molecule has 1 heterocycles. The van der Waals surface area contributed by atoms with Crippen molar-refractivity contribution in [2.45, 2.75) is 45.1 Å². The van der Waals surface area contributed by atoms with E-state index in [1.165, 1.54) is 12.1 Å². The summed E-state index contributed by atoms with van der Waals surface area (Å²) >= 11 is 2.11. The van der Waals surface area contributed by atoms with Crippen LogP contribution in [0.3, 0.4) is 0 Å². The first-order valence-corrected chi connectivity index (χ1v) is 15.0. The Hall–Kier alpha value is -3.28. The Morgan fingerprint density at radius 1 is 0.949 bits per heavy atom. The van der Waals surface area contributed by atoms with E-state index in [1.807, 2.05) is 56.3 Å². The molecule has 202 valence electrons. The molecule has 0 aliphatic carbocycles. The summed E-state index contributed by atoms with van der Waals surface area (Å²) in [6, 6.07) is 22.9. The van der Waals surface area contributed by atoms with E-state index in [4.69, 9.17) is 0 Å². The smallest absolute Gasteiger partial charge is 0.258 e. The second-order valence-electron chi connectivity index (χ2n) is 9.45. The molecule has 0 unspecified atom stereocenters. The molecule has 39 heavy (non-hydrogen) atoms. The number of nitrogens with zero attached hydrogens (tertiary/aromatic N) is 2. The maximum Gasteiger partial charge on any atom is 0.258 e. The molecule has 0 aliphatic rings. The van der Waals surface area contributed by atoms with Crippen molar-refractivity contribution in [2.24, 2.45) is 5.10 Å². The van der Waals surface area contributed by atoms with Crippen LogP contribution in [0.1, 0.15) is 33.6 Å². The van der Waals surface area contributed by atoms with Crippen molar-refractivity contribution in [2.75, 3.05) is 0 Å². The lowest BCUT2D eigenvalue weighted by molar-refractivity contribution is -0.122. The molecule has 0 spiro atoms. The van der Waals surface area contributed by atoms with Crippen LogP contribution in [0.5, 0.6) is 0 Å². The molecular weight excluding hydrogens is 623 g/mol. The summed E-state index contributed by atoms with van der Waals surface area (Å²) in [5, 5.41) is 4.20. The summed E-state index contributed by atoms with van der Waals surface area (Å²) in [5.41, 5.74) is 9.72. The van der Waals surface area contributed by atoms with Crippen LogP contribution in [0.15, 0.2) is 88.9 Å². The van der Waals surface area contributed by atoms with Gasteiger partial charge in [-0.05, 0) is 104 Å². The van der Waals surface area contributed by atoms with Crippen molar-refractivity contribution in [3.63, 3.8) is 0 Å². The number of rotatable bonds is 9. The number of benzene rings is 3.